The Labute approximate surface area is 118 Å². The number of carbonyl (C=O) groups is 2. The van der Waals surface area contributed by atoms with Gasteiger partial charge in [0.05, 0.1) is 12.5 Å². The zero-order valence-electron chi connectivity index (χ0n) is 11.9. The van der Waals surface area contributed by atoms with Gasteiger partial charge < -0.3 is 15.7 Å². The third kappa shape index (κ3) is 5.73. The highest BCUT2D eigenvalue weighted by Crippen LogP contribution is 2.04. The molecule has 0 aliphatic heterocycles. The molecule has 0 bridgehead atoms. The Morgan fingerprint density at radius 3 is 2.75 bits per heavy atom. The minimum Gasteiger partial charge on any atom is -0.481 e. The number of nitrogens with one attached hydrogen (secondary N) is 2. The van der Waals surface area contributed by atoms with Gasteiger partial charge in [0.25, 0.3) is 0 Å². The van der Waals surface area contributed by atoms with Gasteiger partial charge in [-0.2, -0.15) is 5.10 Å². The maximum Gasteiger partial charge on any atom is 0.315 e. The van der Waals surface area contributed by atoms with E-state index in [0.717, 1.165) is 6.42 Å². The molecule has 0 aliphatic rings. The van der Waals surface area contributed by atoms with Crippen LogP contribution in [0.5, 0.6) is 0 Å². The highest BCUT2D eigenvalue weighted by atomic mass is 16.4. The summed E-state index contributed by atoms with van der Waals surface area (Å²) in [4.78, 5) is 22.6. The van der Waals surface area contributed by atoms with Crippen molar-refractivity contribution < 1.29 is 14.7 Å². The Morgan fingerprint density at radius 1 is 1.45 bits per heavy atom. The fourth-order valence-corrected chi connectivity index (χ4v) is 1.89. The van der Waals surface area contributed by atoms with Crippen LogP contribution in [0.15, 0.2) is 18.5 Å². The SMILES string of the molecule is CCCC(CNC(=O)NC(C)Cn1cccn1)C(=O)O. The van der Waals surface area contributed by atoms with E-state index in [2.05, 4.69) is 15.7 Å². The lowest BCUT2D eigenvalue weighted by Crippen LogP contribution is -2.44. The van der Waals surface area contributed by atoms with Crippen molar-refractivity contribution >= 4 is 12.0 Å². The smallest absolute Gasteiger partial charge is 0.315 e. The van der Waals surface area contributed by atoms with Crippen molar-refractivity contribution in [2.75, 3.05) is 6.54 Å². The average molecular weight is 282 g/mol. The molecule has 0 saturated heterocycles. The van der Waals surface area contributed by atoms with Crippen LogP contribution in [0.1, 0.15) is 26.7 Å². The molecular weight excluding hydrogens is 260 g/mol. The van der Waals surface area contributed by atoms with Crippen molar-refractivity contribution in [2.45, 2.75) is 39.3 Å². The van der Waals surface area contributed by atoms with E-state index in [1.807, 2.05) is 26.1 Å². The van der Waals surface area contributed by atoms with E-state index in [0.29, 0.717) is 13.0 Å². The molecule has 1 heterocycles. The minimum atomic E-state index is -0.878. The molecule has 0 aromatic carbocycles. The van der Waals surface area contributed by atoms with Gasteiger partial charge in [0, 0.05) is 25.0 Å². The highest BCUT2D eigenvalue weighted by Gasteiger charge is 2.17. The molecule has 3 N–H and O–H groups in total. The predicted octanol–water partition coefficient (Wildman–Crippen LogP) is 1.07. The van der Waals surface area contributed by atoms with Gasteiger partial charge in [-0.3, -0.25) is 9.48 Å². The number of amides is 2. The minimum absolute atomic E-state index is 0.0932. The Balaban J connectivity index is 2.30. The molecule has 7 nitrogen and oxygen atoms in total. The summed E-state index contributed by atoms with van der Waals surface area (Å²) in [5.74, 6) is -1.41. The Kier molecular flexibility index (Phi) is 6.55. The summed E-state index contributed by atoms with van der Waals surface area (Å²) < 4.78 is 1.72. The number of carbonyl (C=O) groups excluding carboxylic acids is 1. The van der Waals surface area contributed by atoms with E-state index in [4.69, 9.17) is 5.11 Å². The monoisotopic (exact) mass is 282 g/mol. The molecule has 112 valence electrons. The van der Waals surface area contributed by atoms with Crippen LogP contribution in [-0.2, 0) is 11.3 Å². The summed E-state index contributed by atoms with van der Waals surface area (Å²) in [6.45, 7) is 4.49. The van der Waals surface area contributed by atoms with Crippen molar-refractivity contribution in [3.63, 3.8) is 0 Å². The fourth-order valence-electron chi connectivity index (χ4n) is 1.89. The predicted molar refractivity (Wildman–Crippen MR) is 74.3 cm³/mol. The number of rotatable bonds is 8. The lowest BCUT2D eigenvalue weighted by Gasteiger charge is -2.16. The first-order chi connectivity index (χ1) is 9.52. The first kappa shape index (κ1) is 16.0. The Hall–Kier alpha value is -2.05. The first-order valence-electron chi connectivity index (χ1n) is 6.77. The van der Waals surface area contributed by atoms with Crippen LogP contribution < -0.4 is 10.6 Å². The van der Waals surface area contributed by atoms with Crippen molar-refractivity contribution in [1.29, 1.82) is 0 Å². The largest absolute Gasteiger partial charge is 0.481 e. The van der Waals surface area contributed by atoms with Crippen molar-refractivity contribution in [3.05, 3.63) is 18.5 Å². The van der Waals surface area contributed by atoms with E-state index in [-0.39, 0.29) is 18.6 Å². The van der Waals surface area contributed by atoms with E-state index in [9.17, 15) is 9.59 Å². The van der Waals surface area contributed by atoms with Gasteiger partial charge in [0.1, 0.15) is 0 Å². The van der Waals surface area contributed by atoms with Crippen LogP contribution in [0.25, 0.3) is 0 Å². The van der Waals surface area contributed by atoms with Gasteiger partial charge in [-0.05, 0) is 19.4 Å². The van der Waals surface area contributed by atoms with E-state index < -0.39 is 11.9 Å². The number of hydrogen-bond acceptors (Lipinski definition) is 3. The normalized spacial score (nSPS) is 13.5. The average Bonchev–Trinajstić information content (AvgIpc) is 2.86. The molecule has 2 unspecified atom stereocenters. The molecule has 2 atom stereocenters. The molecule has 1 aromatic rings. The number of carboxylic acid groups (broad SMARTS) is 1. The molecule has 2 amide bonds. The van der Waals surface area contributed by atoms with Crippen LogP contribution in [0.3, 0.4) is 0 Å². The summed E-state index contributed by atoms with van der Waals surface area (Å²) in [5.41, 5.74) is 0. The molecule has 0 saturated carbocycles. The standard InChI is InChI=1S/C13H22N4O3/c1-3-5-11(12(18)19)8-14-13(20)16-10(2)9-17-7-4-6-15-17/h4,6-7,10-11H,3,5,8-9H2,1-2H3,(H,18,19)(H2,14,16,20). The maximum atomic E-state index is 11.7. The molecule has 20 heavy (non-hydrogen) atoms. The van der Waals surface area contributed by atoms with Gasteiger partial charge in [-0.15, -0.1) is 0 Å². The lowest BCUT2D eigenvalue weighted by molar-refractivity contribution is -0.141. The Bertz CT molecular complexity index is 419. The van der Waals surface area contributed by atoms with Crippen LogP contribution in [-0.4, -0.2) is 39.5 Å². The van der Waals surface area contributed by atoms with Crippen LogP contribution >= 0.6 is 0 Å². The zero-order valence-corrected chi connectivity index (χ0v) is 11.9. The van der Waals surface area contributed by atoms with Crippen molar-refractivity contribution in [2.24, 2.45) is 5.92 Å². The summed E-state index contributed by atoms with van der Waals surface area (Å²) in [6.07, 6.45) is 4.82. The number of urea groups is 1. The number of aromatic nitrogens is 2. The topological polar surface area (TPSA) is 96.3 Å². The van der Waals surface area contributed by atoms with Crippen LogP contribution in [0.4, 0.5) is 4.79 Å². The van der Waals surface area contributed by atoms with Crippen molar-refractivity contribution in [1.82, 2.24) is 20.4 Å². The molecule has 1 rings (SSSR count). The van der Waals surface area contributed by atoms with Gasteiger partial charge in [-0.25, -0.2) is 4.79 Å². The summed E-state index contributed by atoms with van der Waals surface area (Å²) in [6, 6.07) is 1.37. The van der Waals surface area contributed by atoms with Crippen molar-refractivity contribution in [3.8, 4) is 0 Å². The number of carboxylic acids is 1. The van der Waals surface area contributed by atoms with Gasteiger partial charge in [0.15, 0.2) is 0 Å². The van der Waals surface area contributed by atoms with E-state index >= 15 is 0 Å². The molecule has 0 spiro atoms. The second-order valence-corrected chi connectivity index (χ2v) is 4.81. The number of nitrogens with zero attached hydrogens (tertiary/aromatic N) is 2. The number of hydrogen-bond donors (Lipinski definition) is 3. The third-order valence-corrected chi connectivity index (χ3v) is 2.89. The molecule has 0 radical (unpaired) electrons. The fraction of sp³-hybridized carbons (Fsp3) is 0.615. The van der Waals surface area contributed by atoms with Gasteiger partial charge in [0.2, 0.25) is 0 Å². The van der Waals surface area contributed by atoms with Crippen LogP contribution in [0.2, 0.25) is 0 Å². The van der Waals surface area contributed by atoms with Gasteiger partial charge in [-0.1, -0.05) is 13.3 Å². The highest BCUT2D eigenvalue weighted by molar-refractivity contribution is 5.76. The second-order valence-electron chi connectivity index (χ2n) is 4.81. The summed E-state index contributed by atoms with van der Waals surface area (Å²) >= 11 is 0. The van der Waals surface area contributed by atoms with Gasteiger partial charge >= 0.3 is 12.0 Å². The maximum absolute atomic E-state index is 11.7. The molecular formula is C13H22N4O3. The molecule has 1 aromatic heterocycles. The Morgan fingerprint density at radius 2 is 2.20 bits per heavy atom. The third-order valence-electron chi connectivity index (χ3n) is 2.89. The summed E-state index contributed by atoms with van der Waals surface area (Å²) in [5, 5.41) is 18.4. The second kappa shape index (κ2) is 8.19. The lowest BCUT2D eigenvalue weighted by atomic mass is 10.0. The quantitative estimate of drug-likeness (QED) is 0.664. The van der Waals surface area contributed by atoms with Crippen LogP contribution in [0, 0.1) is 5.92 Å². The van der Waals surface area contributed by atoms with E-state index in [1.54, 1.807) is 10.9 Å². The summed E-state index contributed by atoms with van der Waals surface area (Å²) in [7, 11) is 0. The van der Waals surface area contributed by atoms with E-state index in [1.165, 1.54) is 0 Å². The molecule has 0 fully saturated rings. The first-order valence-corrected chi connectivity index (χ1v) is 6.77. The molecule has 7 heteroatoms. The number of aliphatic carboxylic acids is 1. The zero-order chi connectivity index (χ0) is 15.0. The molecule has 0 aliphatic carbocycles.